The van der Waals surface area contributed by atoms with Crippen LogP contribution in [0.1, 0.15) is 0 Å². The van der Waals surface area contributed by atoms with Crippen LogP contribution in [-0.2, 0) is 0 Å². The molecule has 0 N–H and O–H groups in total. The highest BCUT2D eigenvalue weighted by Crippen LogP contribution is 2.43. The van der Waals surface area contributed by atoms with Crippen LogP contribution >= 0.6 is 11.3 Å². The van der Waals surface area contributed by atoms with Crippen LogP contribution in [0.3, 0.4) is 0 Å². The molecule has 0 fully saturated rings. The Morgan fingerprint density at radius 2 is 0.825 bits per heavy atom. The van der Waals surface area contributed by atoms with Crippen molar-refractivity contribution in [1.82, 2.24) is 24.1 Å². The third-order valence-electron chi connectivity index (χ3n) is 12.4. The first kappa shape index (κ1) is 35.6. The van der Waals surface area contributed by atoms with E-state index in [-0.39, 0.29) is 0 Å². The van der Waals surface area contributed by atoms with Gasteiger partial charge >= 0.3 is 0 Å². The number of para-hydroxylation sites is 2. The summed E-state index contributed by atoms with van der Waals surface area (Å²) in [6.45, 7) is 0. The maximum atomic E-state index is 5.31. The van der Waals surface area contributed by atoms with Crippen LogP contribution in [0.4, 0.5) is 0 Å². The van der Waals surface area contributed by atoms with Gasteiger partial charge in [0.25, 0.3) is 0 Å². The van der Waals surface area contributed by atoms with Crippen molar-refractivity contribution in [1.29, 1.82) is 0 Å². The summed E-state index contributed by atoms with van der Waals surface area (Å²) in [6, 6.07) is 75.6. The molecule has 63 heavy (non-hydrogen) atoms. The average Bonchev–Trinajstić information content (AvgIpc) is 4.02. The van der Waals surface area contributed by atoms with Crippen molar-refractivity contribution < 1.29 is 0 Å². The topological polar surface area (TPSA) is 48.5 Å². The first-order chi connectivity index (χ1) is 31.2. The van der Waals surface area contributed by atoms with E-state index in [4.69, 9.17) is 15.0 Å². The summed E-state index contributed by atoms with van der Waals surface area (Å²) in [4.78, 5) is 15.7. The van der Waals surface area contributed by atoms with Gasteiger partial charge in [-0.15, -0.1) is 11.3 Å². The summed E-state index contributed by atoms with van der Waals surface area (Å²) in [5.74, 6) is 1.91. The first-order valence-electron chi connectivity index (χ1n) is 21.2. The molecule has 4 heterocycles. The molecular weight excluding hydrogens is 787 g/mol. The van der Waals surface area contributed by atoms with E-state index in [1.165, 1.54) is 52.8 Å². The van der Waals surface area contributed by atoms with E-state index in [1.54, 1.807) is 11.3 Å². The molecule has 0 spiro atoms. The molecule has 0 aliphatic carbocycles. The monoisotopic (exact) mass is 821 g/mol. The molecule has 0 bridgehead atoms. The number of hydrogen-bond donors (Lipinski definition) is 0. The minimum Gasteiger partial charge on any atom is -0.307 e. The molecule has 5 nitrogen and oxygen atoms in total. The fraction of sp³-hybridized carbons (Fsp3) is 0. The van der Waals surface area contributed by atoms with Crippen molar-refractivity contribution in [2.75, 3.05) is 0 Å². The van der Waals surface area contributed by atoms with Gasteiger partial charge in [-0.1, -0.05) is 164 Å². The predicted octanol–water partition coefficient (Wildman–Crippen LogP) is 15.1. The Morgan fingerprint density at radius 1 is 0.317 bits per heavy atom. The van der Waals surface area contributed by atoms with Crippen LogP contribution in [0.2, 0.25) is 0 Å². The number of thiophene rings is 1. The Hall–Kier alpha value is -8.19. The van der Waals surface area contributed by atoms with Gasteiger partial charge in [-0.05, 0) is 59.7 Å². The van der Waals surface area contributed by atoms with Gasteiger partial charge in [-0.2, -0.15) is 0 Å². The summed E-state index contributed by atoms with van der Waals surface area (Å²) >= 11 is 1.80. The maximum Gasteiger partial charge on any atom is 0.164 e. The molecule has 13 rings (SSSR count). The SMILES string of the molecule is c1ccc(-c2ccc(-n3c4ccccc4c4ccc5c6ccccc6n(-c6cccc(-c7nc(-c8ccccc8)nc(-c8cccc9sc%10ccccc%10c89)n7)c6)c5c43)cc2)cc1. The third-order valence-corrected chi connectivity index (χ3v) is 13.5. The smallest absolute Gasteiger partial charge is 0.164 e. The lowest BCUT2D eigenvalue weighted by molar-refractivity contribution is 1.07. The molecule has 4 aromatic heterocycles. The lowest BCUT2D eigenvalue weighted by atomic mass is 10.1. The van der Waals surface area contributed by atoms with Crippen LogP contribution in [0.5, 0.6) is 0 Å². The molecule has 0 unspecified atom stereocenters. The minimum absolute atomic E-state index is 0.621. The quantitative estimate of drug-likeness (QED) is 0.168. The second-order valence-corrected chi connectivity index (χ2v) is 17.1. The molecule has 0 aliphatic heterocycles. The van der Waals surface area contributed by atoms with E-state index >= 15 is 0 Å². The molecular formula is C57H35N5S. The summed E-state index contributed by atoms with van der Waals surface area (Å²) in [5, 5.41) is 7.18. The van der Waals surface area contributed by atoms with Crippen LogP contribution in [0.25, 0.3) is 120 Å². The molecule has 0 saturated heterocycles. The van der Waals surface area contributed by atoms with Gasteiger partial charge in [0.05, 0.1) is 22.1 Å². The first-order valence-corrected chi connectivity index (χ1v) is 22.0. The third kappa shape index (κ3) is 5.66. The molecule has 13 aromatic rings. The van der Waals surface area contributed by atoms with Gasteiger partial charge in [-0.3, -0.25) is 0 Å². The van der Waals surface area contributed by atoms with Gasteiger partial charge < -0.3 is 9.13 Å². The zero-order chi connectivity index (χ0) is 41.4. The molecule has 0 aliphatic rings. The Balaban J connectivity index is 1.05. The zero-order valence-corrected chi connectivity index (χ0v) is 34.7. The average molecular weight is 822 g/mol. The summed E-state index contributed by atoms with van der Waals surface area (Å²) in [7, 11) is 0. The minimum atomic E-state index is 0.621. The van der Waals surface area contributed by atoms with E-state index in [9.17, 15) is 0 Å². The second-order valence-electron chi connectivity index (χ2n) is 16.0. The fourth-order valence-corrected chi connectivity index (χ4v) is 10.7. The summed E-state index contributed by atoms with van der Waals surface area (Å²) in [5.41, 5.74) is 12.0. The second kappa shape index (κ2) is 14.2. The molecule has 9 aromatic carbocycles. The van der Waals surface area contributed by atoms with Crippen LogP contribution in [0, 0.1) is 0 Å². The predicted molar refractivity (Wildman–Crippen MR) is 263 cm³/mol. The molecule has 0 atom stereocenters. The van der Waals surface area contributed by atoms with Gasteiger partial charge in [0, 0.05) is 69.8 Å². The normalized spacial score (nSPS) is 11.8. The fourth-order valence-electron chi connectivity index (χ4n) is 9.56. The molecule has 6 heteroatoms. The number of fused-ring (bicyclic) bond motifs is 10. The number of hydrogen-bond acceptors (Lipinski definition) is 4. The number of aromatic nitrogens is 5. The Kier molecular flexibility index (Phi) is 8.01. The zero-order valence-electron chi connectivity index (χ0n) is 33.9. The number of nitrogens with zero attached hydrogens (tertiary/aromatic N) is 5. The van der Waals surface area contributed by atoms with E-state index in [0.717, 1.165) is 50.1 Å². The van der Waals surface area contributed by atoms with Crippen LogP contribution in [-0.4, -0.2) is 24.1 Å². The lowest BCUT2D eigenvalue weighted by Crippen LogP contribution is -2.02. The molecule has 0 saturated carbocycles. The molecule has 294 valence electrons. The molecule has 0 radical (unpaired) electrons. The van der Waals surface area contributed by atoms with Gasteiger partial charge in [0.15, 0.2) is 17.5 Å². The highest BCUT2D eigenvalue weighted by atomic mass is 32.1. The van der Waals surface area contributed by atoms with Gasteiger partial charge in [0.2, 0.25) is 0 Å². The van der Waals surface area contributed by atoms with Gasteiger partial charge in [-0.25, -0.2) is 15.0 Å². The largest absolute Gasteiger partial charge is 0.307 e. The van der Waals surface area contributed by atoms with Crippen molar-refractivity contribution in [3.63, 3.8) is 0 Å². The van der Waals surface area contributed by atoms with Gasteiger partial charge in [0.1, 0.15) is 0 Å². The van der Waals surface area contributed by atoms with Crippen molar-refractivity contribution in [2.24, 2.45) is 0 Å². The highest BCUT2D eigenvalue weighted by Gasteiger charge is 2.22. The van der Waals surface area contributed by atoms with E-state index in [0.29, 0.717) is 17.5 Å². The Morgan fingerprint density at radius 3 is 1.52 bits per heavy atom. The van der Waals surface area contributed by atoms with Crippen LogP contribution in [0.15, 0.2) is 212 Å². The van der Waals surface area contributed by atoms with Crippen molar-refractivity contribution in [2.45, 2.75) is 0 Å². The summed E-state index contributed by atoms with van der Waals surface area (Å²) in [6.07, 6.45) is 0. The van der Waals surface area contributed by atoms with Crippen LogP contribution < -0.4 is 0 Å². The number of rotatable bonds is 6. The Labute approximate surface area is 366 Å². The van der Waals surface area contributed by atoms with Crippen molar-refractivity contribution >= 4 is 75.1 Å². The van der Waals surface area contributed by atoms with Crippen molar-refractivity contribution in [3.05, 3.63) is 212 Å². The molecule has 0 amide bonds. The standard InChI is InChI=1S/C57H35N5S/c1-3-15-36(16-4-1)37-29-31-40(32-30-37)61-48-25-10-7-21-42(48)44-33-34-45-43-22-8-11-26-49(43)62(54(45)53(44)61)41-20-13-19-39(35-41)56-58-55(38-17-5-2-6-18-38)59-57(60-56)47-24-14-28-51-52(47)46-23-9-12-27-50(46)63-51/h1-35H. The number of benzene rings is 9. The van der Waals surface area contributed by atoms with E-state index < -0.39 is 0 Å². The Bertz CT molecular complexity index is 3900. The lowest BCUT2D eigenvalue weighted by Gasteiger charge is -2.14. The summed E-state index contributed by atoms with van der Waals surface area (Å²) < 4.78 is 7.33. The van der Waals surface area contributed by atoms with E-state index in [1.807, 2.05) is 18.2 Å². The highest BCUT2D eigenvalue weighted by molar-refractivity contribution is 7.25. The maximum absolute atomic E-state index is 5.31. The van der Waals surface area contributed by atoms with Crippen molar-refractivity contribution in [3.8, 4) is 56.7 Å². The van der Waals surface area contributed by atoms with E-state index in [2.05, 4.69) is 203 Å².